The van der Waals surface area contributed by atoms with E-state index in [1.165, 1.54) is 0 Å². The molecule has 2 heterocycles. The first kappa shape index (κ1) is 16.3. The van der Waals surface area contributed by atoms with Gasteiger partial charge in [0.2, 0.25) is 5.91 Å². The molecule has 1 N–H and O–H groups in total. The summed E-state index contributed by atoms with van der Waals surface area (Å²) in [6.07, 6.45) is 3.18. The Kier molecular flexibility index (Phi) is 4.13. The van der Waals surface area contributed by atoms with Gasteiger partial charge in [-0.1, -0.05) is 18.2 Å². The number of anilines is 2. The fraction of sp³-hybridized carbons (Fsp3) is 0.190. The van der Waals surface area contributed by atoms with Crippen LogP contribution in [-0.4, -0.2) is 23.3 Å². The molecule has 0 unspecified atom stereocenters. The van der Waals surface area contributed by atoms with Gasteiger partial charge in [0.15, 0.2) is 0 Å². The quantitative estimate of drug-likeness (QED) is 0.782. The molecule has 0 spiro atoms. The number of fused-ring (bicyclic) bond motifs is 1. The number of nitrogens with one attached hydrogen (secondary N) is 1. The van der Waals surface area contributed by atoms with E-state index in [0.717, 1.165) is 29.6 Å². The maximum Gasteiger partial charge on any atom is 0.257 e. The number of nitrogens with zero attached hydrogens (tertiary/aromatic N) is 2. The Morgan fingerprint density at radius 1 is 1.15 bits per heavy atom. The summed E-state index contributed by atoms with van der Waals surface area (Å²) < 4.78 is 0. The average molecular weight is 345 g/mol. The third kappa shape index (κ3) is 2.92. The van der Waals surface area contributed by atoms with Crippen molar-refractivity contribution in [2.24, 2.45) is 0 Å². The van der Waals surface area contributed by atoms with E-state index in [-0.39, 0.29) is 11.8 Å². The molecule has 0 saturated carbocycles. The van der Waals surface area contributed by atoms with Gasteiger partial charge in [0.25, 0.3) is 5.91 Å². The second-order valence-corrected chi connectivity index (χ2v) is 6.49. The first-order chi connectivity index (χ1) is 12.6. The van der Waals surface area contributed by atoms with Crippen molar-refractivity contribution >= 4 is 34.1 Å². The van der Waals surface area contributed by atoms with Gasteiger partial charge in [-0.3, -0.25) is 14.6 Å². The molecule has 1 aliphatic rings. The van der Waals surface area contributed by atoms with Crippen LogP contribution in [0.4, 0.5) is 11.4 Å². The molecule has 1 saturated heterocycles. The molecule has 5 heteroatoms. The standard InChI is InChI=1S/C21H19N3O2/c1-14-13-16(9-10-18(14)24-12-4-8-19(24)25)23-21(26)17-7-2-5-15-6-3-11-22-20(15)17/h2-3,5-7,9-11,13H,4,8,12H2,1H3,(H,23,26). The number of carbonyl (C=O) groups is 2. The number of pyridine rings is 1. The number of amides is 2. The highest BCUT2D eigenvalue weighted by atomic mass is 16.2. The number of para-hydroxylation sites is 1. The number of benzene rings is 2. The van der Waals surface area contributed by atoms with Crippen molar-refractivity contribution in [3.8, 4) is 0 Å². The average Bonchev–Trinajstić information content (AvgIpc) is 3.07. The number of hydrogen-bond donors (Lipinski definition) is 1. The lowest BCUT2D eigenvalue weighted by atomic mass is 10.1. The number of aromatic nitrogens is 1. The fourth-order valence-corrected chi connectivity index (χ4v) is 3.42. The second-order valence-electron chi connectivity index (χ2n) is 6.49. The van der Waals surface area contributed by atoms with E-state index in [9.17, 15) is 9.59 Å². The van der Waals surface area contributed by atoms with Crippen LogP contribution < -0.4 is 10.2 Å². The largest absolute Gasteiger partial charge is 0.322 e. The zero-order valence-corrected chi connectivity index (χ0v) is 14.5. The molecule has 4 rings (SSSR count). The first-order valence-electron chi connectivity index (χ1n) is 8.69. The Balaban J connectivity index is 1.60. The highest BCUT2D eigenvalue weighted by Gasteiger charge is 2.23. The van der Waals surface area contributed by atoms with Gasteiger partial charge in [-0.05, 0) is 49.2 Å². The fourth-order valence-electron chi connectivity index (χ4n) is 3.42. The van der Waals surface area contributed by atoms with Gasteiger partial charge < -0.3 is 10.2 Å². The van der Waals surface area contributed by atoms with Crippen LogP contribution in [0.5, 0.6) is 0 Å². The Hall–Kier alpha value is -3.21. The molecule has 26 heavy (non-hydrogen) atoms. The summed E-state index contributed by atoms with van der Waals surface area (Å²) in [5.41, 5.74) is 3.81. The van der Waals surface area contributed by atoms with Gasteiger partial charge in [0, 0.05) is 35.9 Å². The molecule has 1 aliphatic heterocycles. The zero-order chi connectivity index (χ0) is 18.1. The number of aryl methyl sites for hydroxylation is 1. The smallest absolute Gasteiger partial charge is 0.257 e. The van der Waals surface area contributed by atoms with E-state index < -0.39 is 0 Å². The maximum absolute atomic E-state index is 12.7. The van der Waals surface area contributed by atoms with E-state index in [0.29, 0.717) is 23.2 Å². The van der Waals surface area contributed by atoms with E-state index in [4.69, 9.17) is 0 Å². The minimum Gasteiger partial charge on any atom is -0.322 e. The van der Waals surface area contributed by atoms with Crippen molar-refractivity contribution in [3.05, 3.63) is 65.9 Å². The van der Waals surface area contributed by atoms with Crippen LogP contribution in [-0.2, 0) is 4.79 Å². The minimum atomic E-state index is -0.196. The summed E-state index contributed by atoms with van der Waals surface area (Å²) in [5, 5.41) is 3.87. The summed E-state index contributed by atoms with van der Waals surface area (Å²) in [5.74, 6) is -0.0367. The highest BCUT2D eigenvalue weighted by molar-refractivity contribution is 6.12. The van der Waals surface area contributed by atoms with Crippen LogP contribution in [0.2, 0.25) is 0 Å². The van der Waals surface area contributed by atoms with Crippen LogP contribution in [0, 0.1) is 6.92 Å². The van der Waals surface area contributed by atoms with Gasteiger partial charge in [-0.15, -0.1) is 0 Å². The van der Waals surface area contributed by atoms with Crippen molar-refractivity contribution in [3.63, 3.8) is 0 Å². The van der Waals surface area contributed by atoms with Gasteiger partial charge in [-0.2, -0.15) is 0 Å². The second kappa shape index (κ2) is 6.59. The molecule has 3 aromatic rings. The topological polar surface area (TPSA) is 62.3 Å². The minimum absolute atomic E-state index is 0.159. The van der Waals surface area contributed by atoms with Gasteiger partial charge in [-0.25, -0.2) is 0 Å². The monoisotopic (exact) mass is 345 g/mol. The predicted molar refractivity (Wildman–Crippen MR) is 102 cm³/mol. The van der Waals surface area contributed by atoms with E-state index in [2.05, 4.69) is 10.3 Å². The highest BCUT2D eigenvalue weighted by Crippen LogP contribution is 2.28. The maximum atomic E-state index is 12.7. The molecule has 130 valence electrons. The lowest BCUT2D eigenvalue weighted by Gasteiger charge is -2.19. The molecule has 0 radical (unpaired) electrons. The molecule has 0 atom stereocenters. The molecule has 2 aromatic carbocycles. The van der Waals surface area contributed by atoms with Gasteiger partial charge >= 0.3 is 0 Å². The van der Waals surface area contributed by atoms with Crippen LogP contribution >= 0.6 is 0 Å². The first-order valence-corrected chi connectivity index (χ1v) is 8.69. The third-order valence-electron chi connectivity index (χ3n) is 4.70. The Morgan fingerprint density at radius 2 is 2.00 bits per heavy atom. The van der Waals surface area contributed by atoms with Gasteiger partial charge in [0.1, 0.15) is 0 Å². The zero-order valence-electron chi connectivity index (χ0n) is 14.5. The lowest BCUT2D eigenvalue weighted by Crippen LogP contribution is -2.24. The summed E-state index contributed by atoms with van der Waals surface area (Å²) in [6.45, 7) is 2.71. The SMILES string of the molecule is Cc1cc(NC(=O)c2cccc3cccnc23)ccc1N1CCCC1=O. The molecule has 5 nitrogen and oxygen atoms in total. The Bertz CT molecular complexity index is 1010. The molecule has 1 aromatic heterocycles. The van der Waals surface area contributed by atoms with E-state index in [1.807, 2.05) is 54.3 Å². The molecular weight excluding hydrogens is 326 g/mol. The Morgan fingerprint density at radius 3 is 2.77 bits per heavy atom. The van der Waals surface area contributed by atoms with E-state index >= 15 is 0 Å². The number of carbonyl (C=O) groups excluding carboxylic acids is 2. The van der Waals surface area contributed by atoms with Crippen LogP contribution in [0.3, 0.4) is 0 Å². The Labute approximate surface area is 151 Å². The lowest BCUT2D eigenvalue weighted by molar-refractivity contribution is -0.117. The van der Waals surface area contributed by atoms with Crippen molar-refractivity contribution < 1.29 is 9.59 Å². The van der Waals surface area contributed by atoms with Crippen molar-refractivity contribution in [2.75, 3.05) is 16.8 Å². The van der Waals surface area contributed by atoms with E-state index in [1.54, 1.807) is 12.3 Å². The molecule has 2 amide bonds. The summed E-state index contributed by atoms with van der Waals surface area (Å²) in [7, 11) is 0. The molecular formula is C21H19N3O2. The predicted octanol–water partition coefficient (Wildman–Crippen LogP) is 3.92. The summed E-state index contributed by atoms with van der Waals surface area (Å²) in [6, 6.07) is 15.0. The van der Waals surface area contributed by atoms with Crippen LogP contribution in [0.1, 0.15) is 28.8 Å². The van der Waals surface area contributed by atoms with Crippen molar-refractivity contribution in [2.45, 2.75) is 19.8 Å². The van der Waals surface area contributed by atoms with Crippen LogP contribution in [0.15, 0.2) is 54.7 Å². The molecule has 1 fully saturated rings. The van der Waals surface area contributed by atoms with Crippen molar-refractivity contribution in [1.82, 2.24) is 4.98 Å². The van der Waals surface area contributed by atoms with Gasteiger partial charge in [0.05, 0.1) is 11.1 Å². The normalized spacial score (nSPS) is 14.0. The van der Waals surface area contributed by atoms with Crippen molar-refractivity contribution in [1.29, 1.82) is 0 Å². The summed E-state index contributed by atoms with van der Waals surface area (Å²) >= 11 is 0. The number of hydrogen-bond acceptors (Lipinski definition) is 3. The van der Waals surface area contributed by atoms with Crippen LogP contribution in [0.25, 0.3) is 10.9 Å². The third-order valence-corrected chi connectivity index (χ3v) is 4.70. The molecule has 0 bridgehead atoms. The number of rotatable bonds is 3. The molecule has 0 aliphatic carbocycles. The summed E-state index contributed by atoms with van der Waals surface area (Å²) in [4.78, 5) is 30.8.